The van der Waals surface area contributed by atoms with Crippen molar-refractivity contribution < 1.29 is 14.6 Å². The van der Waals surface area contributed by atoms with E-state index in [1.165, 1.54) is 0 Å². The van der Waals surface area contributed by atoms with Crippen LogP contribution in [-0.2, 0) is 9.53 Å². The molecule has 5 nitrogen and oxygen atoms in total. The first kappa shape index (κ1) is 14.8. The lowest BCUT2D eigenvalue weighted by molar-refractivity contribution is -0.122. The van der Waals surface area contributed by atoms with Crippen molar-refractivity contribution in [1.82, 2.24) is 10.6 Å². The summed E-state index contributed by atoms with van der Waals surface area (Å²) in [6, 6.07) is 0.180. The zero-order valence-electron chi connectivity index (χ0n) is 10.3. The zero-order valence-corrected chi connectivity index (χ0v) is 11.1. The molecule has 0 spiro atoms. The predicted octanol–water partition coefficient (Wildman–Crippen LogP) is -0.405. The molecular formula is C11H22N2O3S. The molecule has 2 atom stereocenters. The summed E-state index contributed by atoms with van der Waals surface area (Å²) in [6.07, 6.45) is 1.03. The molecule has 3 N–H and O–H groups in total. The number of carbonyl (C=O) groups excluding carboxylic acids is 1. The summed E-state index contributed by atoms with van der Waals surface area (Å²) >= 11 is 1.88. The average molecular weight is 262 g/mol. The van der Waals surface area contributed by atoms with Crippen LogP contribution in [0.4, 0.5) is 0 Å². The molecule has 2 unspecified atom stereocenters. The van der Waals surface area contributed by atoms with Gasteiger partial charge in [0.15, 0.2) is 0 Å². The quantitative estimate of drug-likeness (QED) is 0.582. The highest BCUT2D eigenvalue weighted by molar-refractivity contribution is 7.99. The Morgan fingerprint density at radius 3 is 3.12 bits per heavy atom. The van der Waals surface area contributed by atoms with E-state index in [4.69, 9.17) is 9.84 Å². The van der Waals surface area contributed by atoms with Crippen LogP contribution in [0.15, 0.2) is 0 Å². The van der Waals surface area contributed by atoms with Crippen molar-refractivity contribution in [3.63, 3.8) is 0 Å². The van der Waals surface area contributed by atoms with Gasteiger partial charge < -0.3 is 20.5 Å². The summed E-state index contributed by atoms with van der Waals surface area (Å²) in [5.41, 5.74) is 0. The first-order chi connectivity index (χ1) is 8.26. The number of hydrogen-bond donors (Lipinski definition) is 3. The number of aliphatic hydroxyl groups is 1. The van der Waals surface area contributed by atoms with E-state index in [9.17, 15) is 4.79 Å². The van der Waals surface area contributed by atoms with Crippen molar-refractivity contribution in [3.05, 3.63) is 0 Å². The fourth-order valence-corrected chi connectivity index (χ4v) is 2.76. The maximum absolute atomic E-state index is 11.8. The number of ether oxygens (including phenoxy) is 1. The number of methoxy groups -OCH3 is 1. The lowest BCUT2D eigenvalue weighted by Gasteiger charge is -2.24. The number of aliphatic hydroxyl groups excluding tert-OH is 1. The maximum atomic E-state index is 11.8. The third kappa shape index (κ3) is 6.26. The zero-order chi connectivity index (χ0) is 12.5. The van der Waals surface area contributed by atoms with Crippen molar-refractivity contribution in [2.75, 3.05) is 38.4 Å². The van der Waals surface area contributed by atoms with Crippen molar-refractivity contribution in [2.45, 2.75) is 24.9 Å². The number of hydrogen-bond acceptors (Lipinski definition) is 5. The van der Waals surface area contributed by atoms with Gasteiger partial charge in [-0.25, -0.2) is 0 Å². The van der Waals surface area contributed by atoms with Crippen LogP contribution in [0.5, 0.6) is 0 Å². The molecule has 0 aromatic rings. The second kappa shape index (κ2) is 8.74. The van der Waals surface area contributed by atoms with Crippen LogP contribution in [0.25, 0.3) is 0 Å². The molecule has 100 valence electrons. The molecule has 1 aliphatic heterocycles. The Morgan fingerprint density at radius 2 is 2.53 bits per heavy atom. The molecule has 1 saturated heterocycles. The molecule has 0 bridgehead atoms. The third-order valence-corrected chi connectivity index (χ3v) is 3.77. The summed E-state index contributed by atoms with van der Waals surface area (Å²) in [4.78, 5) is 11.8. The fourth-order valence-electron chi connectivity index (χ4n) is 1.82. The van der Waals surface area contributed by atoms with Crippen LogP contribution in [0.1, 0.15) is 12.8 Å². The van der Waals surface area contributed by atoms with Crippen LogP contribution in [0.3, 0.4) is 0 Å². The number of rotatable bonds is 7. The van der Waals surface area contributed by atoms with E-state index in [2.05, 4.69) is 10.6 Å². The van der Waals surface area contributed by atoms with Gasteiger partial charge in [0.05, 0.1) is 12.6 Å². The van der Waals surface area contributed by atoms with E-state index in [-0.39, 0.29) is 24.6 Å². The van der Waals surface area contributed by atoms with Gasteiger partial charge in [0.25, 0.3) is 0 Å². The van der Waals surface area contributed by atoms with Crippen molar-refractivity contribution in [1.29, 1.82) is 0 Å². The highest BCUT2D eigenvalue weighted by Gasteiger charge is 2.18. The van der Waals surface area contributed by atoms with Crippen molar-refractivity contribution in [2.24, 2.45) is 0 Å². The standard InChI is InChI=1S/C11H22N2O3S/c1-16-7-9(2-4-14)13-11(15)6-10-8-17-5-3-12-10/h9-10,12,14H,2-8H2,1H3,(H,13,15). The summed E-state index contributed by atoms with van der Waals surface area (Å²) in [7, 11) is 1.59. The molecule has 0 radical (unpaired) electrons. The van der Waals surface area contributed by atoms with E-state index < -0.39 is 0 Å². The monoisotopic (exact) mass is 262 g/mol. The minimum Gasteiger partial charge on any atom is -0.396 e. The van der Waals surface area contributed by atoms with Crippen molar-refractivity contribution in [3.8, 4) is 0 Å². The molecule has 1 amide bonds. The second-order valence-corrected chi connectivity index (χ2v) is 5.31. The van der Waals surface area contributed by atoms with Gasteiger partial charge >= 0.3 is 0 Å². The van der Waals surface area contributed by atoms with Crippen LogP contribution in [0, 0.1) is 0 Å². The summed E-state index contributed by atoms with van der Waals surface area (Å²) < 4.78 is 5.00. The molecule has 1 heterocycles. The summed E-state index contributed by atoms with van der Waals surface area (Å²) in [6.45, 7) is 1.48. The lowest BCUT2D eigenvalue weighted by Crippen LogP contribution is -2.44. The Balaban J connectivity index is 2.25. The Labute approximate surface area is 107 Å². The number of amides is 1. The van der Waals surface area contributed by atoms with Gasteiger partial charge in [0.2, 0.25) is 5.91 Å². The van der Waals surface area contributed by atoms with E-state index in [0.717, 1.165) is 18.1 Å². The second-order valence-electron chi connectivity index (χ2n) is 4.16. The molecule has 6 heteroatoms. The van der Waals surface area contributed by atoms with Gasteiger partial charge in [-0.05, 0) is 6.42 Å². The molecular weight excluding hydrogens is 240 g/mol. The Bertz CT molecular complexity index is 217. The lowest BCUT2D eigenvalue weighted by atomic mass is 10.2. The van der Waals surface area contributed by atoms with Gasteiger partial charge in [-0.2, -0.15) is 11.8 Å². The highest BCUT2D eigenvalue weighted by atomic mass is 32.2. The highest BCUT2D eigenvalue weighted by Crippen LogP contribution is 2.10. The number of thioether (sulfide) groups is 1. The van der Waals surface area contributed by atoms with Gasteiger partial charge in [-0.3, -0.25) is 4.79 Å². The van der Waals surface area contributed by atoms with E-state index in [0.29, 0.717) is 19.4 Å². The van der Waals surface area contributed by atoms with Crippen LogP contribution in [-0.4, -0.2) is 61.5 Å². The molecule has 17 heavy (non-hydrogen) atoms. The molecule has 0 saturated carbocycles. The molecule has 0 aromatic heterocycles. The van der Waals surface area contributed by atoms with Crippen LogP contribution >= 0.6 is 11.8 Å². The van der Waals surface area contributed by atoms with Gasteiger partial charge in [-0.15, -0.1) is 0 Å². The normalized spacial score (nSPS) is 22.1. The Kier molecular flexibility index (Phi) is 7.59. The minimum absolute atomic E-state index is 0.0282. The van der Waals surface area contributed by atoms with E-state index >= 15 is 0 Å². The van der Waals surface area contributed by atoms with Crippen LogP contribution in [0.2, 0.25) is 0 Å². The summed E-state index contributed by atoms with van der Waals surface area (Å²) in [5.74, 6) is 2.14. The average Bonchev–Trinajstić information content (AvgIpc) is 2.30. The summed E-state index contributed by atoms with van der Waals surface area (Å²) in [5, 5.41) is 15.1. The molecule has 1 aliphatic rings. The van der Waals surface area contributed by atoms with Gasteiger partial charge in [-0.1, -0.05) is 0 Å². The molecule has 1 fully saturated rings. The number of nitrogens with one attached hydrogen (secondary N) is 2. The Morgan fingerprint density at radius 1 is 1.71 bits per heavy atom. The van der Waals surface area contributed by atoms with Gasteiger partial charge in [0, 0.05) is 44.2 Å². The first-order valence-electron chi connectivity index (χ1n) is 5.96. The molecule has 0 aromatic carbocycles. The Hall–Kier alpha value is -0.300. The van der Waals surface area contributed by atoms with Crippen LogP contribution < -0.4 is 10.6 Å². The molecule has 0 aliphatic carbocycles. The smallest absolute Gasteiger partial charge is 0.221 e. The minimum atomic E-state index is -0.0891. The first-order valence-corrected chi connectivity index (χ1v) is 7.12. The SMILES string of the molecule is COCC(CCO)NC(=O)CC1CSCCN1. The topological polar surface area (TPSA) is 70.6 Å². The number of carbonyl (C=O) groups is 1. The third-order valence-electron chi connectivity index (χ3n) is 2.64. The van der Waals surface area contributed by atoms with E-state index in [1.54, 1.807) is 7.11 Å². The maximum Gasteiger partial charge on any atom is 0.221 e. The van der Waals surface area contributed by atoms with Gasteiger partial charge in [0.1, 0.15) is 0 Å². The van der Waals surface area contributed by atoms with E-state index in [1.807, 2.05) is 11.8 Å². The molecule has 1 rings (SSSR count). The van der Waals surface area contributed by atoms with Crippen molar-refractivity contribution >= 4 is 17.7 Å². The fraction of sp³-hybridized carbons (Fsp3) is 0.909. The largest absolute Gasteiger partial charge is 0.396 e. The predicted molar refractivity (Wildman–Crippen MR) is 69.2 cm³/mol.